The summed E-state index contributed by atoms with van der Waals surface area (Å²) in [7, 11) is 0. The van der Waals surface area contributed by atoms with Gasteiger partial charge in [-0.05, 0) is 25.2 Å². The van der Waals surface area contributed by atoms with Gasteiger partial charge in [0.15, 0.2) is 0 Å². The van der Waals surface area contributed by atoms with Gasteiger partial charge in [0.2, 0.25) is 11.8 Å². The Hall–Kier alpha value is -0.670. The summed E-state index contributed by atoms with van der Waals surface area (Å²) in [6.45, 7) is 10.8. The lowest BCUT2D eigenvalue weighted by Crippen LogP contribution is -2.42. The molecule has 0 aromatic heterocycles. The molecule has 0 N–H and O–H groups in total. The number of nitrogens with zero attached hydrogens (tertiary/aromatic N) is 1. The van der Waals surface area contributed by atoms with Gasteiger partial charge in [0.1, 0.15) is 0 Å². The average molecular weight is 277 g/mol. The van der Waals surface area contributed by atoms with Gasteiger partial charge in [0.25, 0.3) is 0 Å². The highest BCUT2D eigenvalue weighted by molar-refractivity contribution is 5.76. The zero-order valence-electron chi connectivity index (χ0n) is 13.0. The SMILES string of the molecule is CC1CC(C)CN(C(=O)CCC(C)(F)F)C1.CCC. The number of likely N-dealkylation sites (tertiary alicyclic amines) is 1. The van der Waals surface area contributed by atoms with Gasteiger partial charge in [-0.25, -0.2) is 8.78 Å². The number of hydrogen-bond donors (Lipinski definition) is 0. The molecule has 1 heterocycles. The number of carbonyl (C=O) groups excluding carboxylic acids is 1. The molecular weight excluding hydrogens is 248 g/mol. The summed E-state index contributed by atoms with van der Waals surface area (Å²) >= 11 is 0. The Bertz CT molecular complexity index is 253. The Labute approximate surface area is 116 Å². The summed E-state index contributed by atoms with van der Waals surface area (Å²) < 4.78 is 25.3. The molecule has 1 aliphatic heterocycles. The molecule has 0 saturated carbocycles. The maximum absolute atomic E-state index is 12.6. The van der Waals surface area contributed by atoms with E-state index in [0.29, 0.717) is 11.8 Å². The highest BCUT2D eigenvalue weighted by atomic mass is 19.3. The van der Waals surface area contributed by atoms with Crippen LogP contribution >= 0.6 is 0 Å². The monoisotopic (exact) mass is 277 g/mol. The minimum absolute atomic E-state index is 0.0388. The Morgan fingerprint density at radius 2 is 1.63 bits per heavy atom. The van der Waals surface area contributed by atoms with Gasteiger partial charge in [0, 0.05) is 25.9 Å². The van der Waals surface area contributed by atoms with E-state index in [-0.39, 0.29) is 18.7 Å². The van der Waals surface area contributed by atoms with Crippen LogP contribution in [0.3, 0.4) is 0 Å². The summed E-state index contributed by atoms with van der Waals surface area (Å²) in [4.78, 5) is 13.5. The second-order valence-electron chi connectivity index (χ2n) is 6.02. The molecule has 19 heavy (non-hydrogen) atoms. The fourth-order valence-electron chi connectivity index (χ4n) is 2.35. The van der Waals surface area contributed by atoms with E-state index in [9.17, 15) is 13.6 Å². The topological polar surface area (TPSA) is 20.3 Å². The largest absolute Gasteiger partial charge is 0.342 e. The minimum atomic E-state index is -2.73. The molecule has 2 atom stereocenters. The summed E-state index contributed by atoms with van der Waals surface area (Å²) in [5, 5.41) is 0. The Morgan fingerprint density at radius 3 is 2.00 bits per heavy atom. The van der Waals surface area contributed by atoms with Gasteiger partial charge < -0.3 is 4.90 Å². The number of hydrogen-bond acceptors (Lipinski definition) is 1. The van der Waals surface area contributed by atoms with E-state index in [1.165, 1.54) is 6.42 Å². The van der Waals surface area contributed by atoms with Crippen molar-refractivity contribution < 1.29 is 13.6 Å². The highest BCUT2D eigenvalue weighted by Gasteiger charge is 2.28. The van der Waals surface area contributed by atoms with E-state index >= 15 is 0 Å². The van der Waals surface area contributed by atoms with Crippen molar-refractivity contribution in [2.75, 3.05) is 13.1 Å². The molecule has 0 aliphatic carbocycles. The van der Waals surface area contributed by atoms with E-state index < -0.39 is 5.92 Å². The van der Waals surface area contributed by atoms with Crippen LogP contribution in [0.5, 0.6) is 0 Å². The molecule has 0 spiro atoms. The maximum atomic E-state index is 12.6. The smallest absolute Gasteiger partial charge is 0.245 e. The van der Waals surface area contributed by atoms with Crippen LogP contribution in [-0.4, -0.2) is 29.8 Å². The molecule has 0 bridgehead atoms. The predicted molar refractivity (Wildman–Crippen MR) is 75.3 cm³/mol. The van der Waals surface area contributed by atoms with Crippen molar-refractivity contribution in [3.05, 3.63) is 0 Å². The fourth-order valence-corrected chi connectivity index (χ4v) is 2.35. The van der Waals surface area contributed by atoms with E-state index in [1.807, 2.05) is 0 Å². The van der Waals surface area contributed by atoms with Gasteiger partial charge in [0.05, 0.1) is 0 Å². The van der Waals surface area contributed by atoms with Crippen molar-refractivity contribution in [1.82, 2.24) is 4.90 Å². The van der Waals surface area contributed by atoms with E-state index in [4.69, 9.17) is 0 Å². The van der Waals surface area contributed by atoms with Crippen LogP contribution in [0.1, 0.15) is 60.3 Å². The van der Waals surface area contributed by atoms with Gasteiger partial charge in [-0.1, -0.05) is 34.1 Å². The lowest BCUT2D eigenvalue weighted by molar-refractivity contribution is -0.135. The van der Waals surface area contributed by atoms with Crippen LogP contribution in [0.25, 0.3) is 0 Å². The summed E-state index contributed by atoms with van der Waals surface area (Å²) in [6.07, 6.45) is 1.99. The quantitative estimate of drug-likeness (QED) is 0.751. The van der Waals surface area contributed by atoms with E-state index in [0.717, 1.165) is 26.4 Å². The van der Waals surface area contributed by atoms with Crippen molar-refractivity contribution in [3.63, 3.8) is 0 Å². The van der Waals surface area contributed by atoms with Crippen LogP contribution in [0, 0.1) is 11.8 Å². The third-order valence-corrected chi connectivity index (χ3v) is 3.00. The molecule has 4 heteroatoms. The van der Waals surface area contributed by atoms with Crippen LogP contribution in [0.15, 0.2) is 0 Å². The lowest BCUT2D eigenvalue weighted by Gasteiger charge is -2.35. The predicted octanol–water partition coefficient (Wildman–Crippen LogP) is 4.34. The van der Waals surface area contributed by atoms with E-state index in [2.05, 4.69) is 27.7 Å². The second kappa shape index (κ2) is 8.49. The minimum Gasteiger partial charge on any atom is -0.342 e. The van der Waals surface area contributed by atoms with Gasteiger partial charge in [-0.2, -0.15) is 0 Å². The molecule has 1 saturated heterocycles. The number of rotatable bonds is 3. The summed E-state index contributed by atoms with van der Waals surface area (Å²) in [5.41, 5.74) is 0. The van der Waals surface area contributed by atoms with Crippen LogP contribution in [-0.2, 0) is 4.79 Å². The van der Waals surface area contributed by atoms with Crippen LogP contribution < -0.4 is 0 Å². The Balaban J connectivity index is 0.000000982. The zero-order valence-corrected chi connectivity index (χ0v) is 13.0. The van der Waals surface area contributed by atoms with Crippen molar-refractivity contribution in [3.8, 4) is 0 Å². The fraction of sp³-hybridized carbons (Fsp3) is 0.933. The molecule has 2 unspecified atom stereocenters. The normalized spacial score (nSPS) is 23.6. The van der Waals surface area contributed by atoms with Gasteiger partial charge >= 0.3 is 0 Å². The van der Waals surface area contributed by atoms with Crippen molar-refractivity contribution in [1.29, 1.82) is 0 Å². The Kier molecular flexibility index (Phi) is 8.19. The highest BCUT2D eigenvalue weighted by Crippen LogP contribution is 2.24. The maximum Gasteiger partial charge on any atom is 0.245 e. The summed E-state index contributed by atoms with van der Waals surface area (Å²) in [6, 6.07) is 0. The van der Waals surface area contributed by atoms with Gasteiger partial charge in [-0.3, -0.25) is 4.79 Å². The lowest BCUT2D eigenvalue weighted by atomic mass is 9.91. The molecule has 0 aromatic carbocycles. The molecule has 114 valence electrons. The first-order valence-electron chi connectivity index (χ1n) is 7.35. The van der Waals surface area contributed by atoms with E-state index in [1.54, 1.807) is 4.90 Å². The molecule has 1 fully saturated rings. The van der Waals surface area contributed by atoms with Crippen molar-refractivity contribution in [2.45, 2.75) is 66.2 Å². The zero-order chi connectivity index (χ0) is 15.1. The molecule has 0 radical (unpaired) electrons. The molecule has 1 amide bonds. The first kappa shape index (κ1) is 18.3. The molecule has 2 nitrogen and oxygen atoms in total. The molecular formula is C15H29F2NO. The second-order valence-corrected chi connectivity index (χ2v) is 6.02. The molecule has 1 rings (SSSR count). The number of carbonyl (C=O) groups is 1. The number of amides is 1. The molecule has 1 aliphatic rings. The van der Waals surface area contributed by atoms with Crippen molar-refractivity contribution in [2.24, 2.45) is 11.8 Å². The Morgan fingerprint density at radius 1 is 1.21 bits per heavy atom. The number of piperidine rings is 1. The number of alkyl halides is 2. The standard InChI is InChI=1S/C12H21F2NO.C3H8/c1-9-6-10(2)8-15(7-9)11(16)4-5-12(3,13)14;1-3-2/h9-10H,4-8H2,1-3H3;3H2,1-2H3. The molecule has 0 aromatic rings. The number of halogens is 2. The third kappa shape index (κ3) is 8.95. The third-order valence-electron chi connectivity index (χ3n) is 3.00. The average Bonchev–Trinajstić information content (AvgIpc) is 2.24. The van der Waals surface area contributed by atoms with Gasteiger partial charge in [-0.15, -0.1) is 0 Å². The summed E-state index contributed by atoms with van der Waals surface area (Å²) in [5.74, 6) is -1.90. The van der Waals surface area contributed by atoms with Crippen LogP contribution in [0.2, 0.25) is 0 Å². The first-order valence-corrected chi connectivity index (χ1v) is 7.35. The first-order chi connectivity index (χ1) is 8.69. The van der Waals surface area contributed by atoms with Crippen molar-refractivity contribution >= 4 is 5.91 Å². The van der Waals surface area contributed by atoms with Crippen LogP contribution in [0.4, 0.5) is 8.78 Å².